The molecule has 2 atom stereocenters. The van der Waals surface area contributed by atoms with E-state index in [1.54, 1.807) is 32.0 Å². The summed E-state index contributed by atoms with van der Waals surface area (Å²) in [6.45, 7) is 4.16. The Morgan fingerprint density at radius 3 is 2.74 bits per heavy atom. The highest BCUT2D eigenvalue weighted by Crippen LogP contribution is 2.26. The Labute approximate surface area is 141 Å². The minimum Gasteiger partial charge on any atom is -0.463 e. The van der Waals surface area contributed by atoms with Crippen LogP contribution < -0.4 is 5.32 Å². The predicted molar refractivity (Wildman–Crippen MR) is 87.2 cm³/mol. The van der Waals surface area contributed by atoms with Crippen molar-refractivity contribution in [3.05, 3.63) is 34.9 Å². The van der Waals surface area contributed by atoms with Gasteiger partial charge in [0.15, 0.2) is 0 Å². The number of rotatable bonds is 6. The Balaban J connectivity index is 2.12. The maximum absolute atomic E-state index is 12.3. The van der Waals surface area contributed by atoms with Gasteiger partial charge in [-0.1, -0.05) is 29.8 Å². The summed E-state index contributed by atoms with van der Waals surface area (Å²) in [5.74, 6) is -0.595. The van der Waals surface area contributed by atoms with Gasteiger partial charge in [-0.15, -0.1) is 0 Å². The van der Waals surface area contributed by atoms with Crippen molar-refractivity contribution in [3.8, 4) is 0 Å². The van der Waals surface area contributed by atoms with E-state index in [1.165, 1.54) is 0 Å². The van der Waals surface area contributed by atoms with E-state index in [2.05, 4.69) is 5.32 Å². The largest absolute Gasteiger partial charge is 0.463 e. The fourth-order valence-electron chi connectivity index (χ4n) is 2.52. The van der Waals surface area contributed by atoms with Gasteiger partial charge in [0.05, 0.1) is 18.6 Å². The molecule has 1 amide bonds. The number of carbonyl (C=O) groups excluding carboxylic acids is 2. The molecule has 1 heterocycles. The summed E-state index contributed by atoms with van der Waals surface area (Å²) < 4.78 is 10.6. The third-order valence-electron chi connectivity index (χ3n) is 3.56. The van der Waals surface area contributed by atoms with E-state index in [-0.39, 0.29) is 24.4 Å². The Hall–Kier alpha value is -1.59. The van der Waals surface area contributed by atoms with Gasteiger partial charge >= 0.3 is 5.97 Å². The van der Waals surface area contributed by atoms with Gasteiger partial charge in [0.25, 0.3) is 0 Å². The van der Waals surface area contributed by atoms with Gasteiger partial charge in [0.1, 0.15) is 6.10 Å². The number of hydrogen-bond acceptors (Lipinski definition) is 4. The zero-order valence-corrected chi connectivity index (χ0v) is 14.1. The highest BCUT2D eigenvalue weighted by atomic mass is 35.5. The molecule has 1 saturated heterocycles. The van der Waals surface area contributed by atoms with Crippen molar-refractivity contribution in [1.82, 2.24) is 5.32 Å². The Bertz CT molecular complexity index is 555. The molecule has 1 N–H and O–H groups in total. The second-order valence-corrected chi connectivity index (χ2v) is 6.23. The van der Waals surface area contributed by atoms with E-state index < -0.39 is 12.1 Å². The van der Waals surface area contributed by atoms with Gasteiger partial charge in [-0.2, -0.15) is 0 Å². The molecule has 0 aromatic heterocycles. The van der Waals surface area contributed by atoms with Gasteiger partial charge in [0.2, 0.25) is 5.91 Å². The van der Waals surface area contributed by atoms with Crippen LogP contribution in [0.2, 0.25) is 5.02 Å². The van der Waals surface area contributed by atoms with Crippen molar-refractivity contribution in [2.45, 2.75) is 51.4 Å². The van der Waals surface area contributed by atoms with Crippen LogP contribution in [0, 0.1) is 0 Å². The lowest BCUT2D eigenvalue weighted by Crippen LogP contribution is -2.38. The van der Waals surface area contributed by atoms with Gasteiger partial charge in [-0.05, 0) is 38.3 Å². The zero-order valence-electron chi connectivity index (χ0n) is 13.4. The average molecular weight is 340 g/mol. The van der Waals surface area contributed by atoms with Crippen LogP contribution in [0.3, 0.4) is 0 Å². The molecular weight excluding hydrogens is 318 g/mol. The summed E-state index contributed by atoms with van der Waals surface area (Å²) in [6.07, 6.45) is 0.923. The summed E-state index contributed by atoms with van der Waals surface area (Å²) in [6, 6.07) is 6.62. The minimum atomic E-state index is -0.536. The molecule has 23 heavy (non-hydrogen) atoms. The van der Waals surface area contributed by atoms with Crippen LogP contribution in [-0.4, -0.2) is 30.7 Å². The molecule has 0 spiro atoms. The van der Waals surface area contributed by atoms with Crippen LogP contribution in [0.4, 0.5) is 0 Å². The fraction of sp³-hybridized carbons (Fsp3) is 0.529. The maximum atomic E-state index is 12.3. The first kappa shape index (κ1) is 17.8. The van der Waals surface area contributed by atoms with E-state index in [1.807, 2.05) is 6.07 Å². The van der Waals surface area contributed by atoms with Crippen LogP contribution >= 0.6 is 11.6 Å². The van der Waals surface area contributed by atoms with Crippen molar-refractivity contribution >= 4 is 23.5 Å². The first-order chi connectivity index (χ1) is 11.0. The molecular formula is C17H22ClNO4. The lowest BCUT2D eigenvalue weighted by atomic mass is 10.0. The summed E-state index contributed by atoms with van der Waals surface area (Å²) in [7, 11) is 0. The number of esters is 1. The summed E-state index contributed by atoms with van der Waals surface area (Å²) >= 11 is 6.22. The van der Waals surface area contributed by atoms with Gasteiger partial charge < -0.3 is 14.8 Å². The molecule has 0 unspecified atom stereocenters. The molecule has 1 fully saturated rings. The van der Waals surface area contributed by atoms with Crippen LogP contribution in [0.25, 0.3) is 0 Å². The van der Waals surface area contributed by atoms with Crippen LogP contribution in [0.1, 0.15) is 44.7 Å². The molecule has 6 heteroatoms. The highest BCUT2D eigenvalue weighted by molar-refractivity contribution is 6.31. The standard InChI is InChI=1S/C17H22ClNO4/c1-11(2)23-16(20)10-14(12-6-3-4-7-13(12)18)19-17(21)15-8-5-9-22-15/h3-4,6-7,11,14-15H,5,8-10H2,1-2H3,(H,19,21)/t14-,15+/m0/s1. The van der Waals surface area contributed by atoms with Crippen molar-refractivity contribution in [2.75, 3.05) is 6.61 Å². The second-order valence-electron chi connectivity index (χ2n) is 5.83. The number of halogens is 1. The number of ether oxygens (including phenoxy) is 2. The van der Waals surface area contributed by atoms with E-state index in [0.717, 1.165) is 6.42 Å². The minimum absolute atomic E-state index is 0.0281. The van der Waals surface area contributed by atoms with Gasteiger partial charge in [0, 0.05) is 11.6 Å². The normalized spacial score (nSPS) is 18.7. The summed E-state index contributed by atoms with van der Waals surface area (Å²) in [5.41, 5.74) is 0.696. The number of benzene rings is 1. The van der Waals surface area contributed by atoms with Crippen molar-refractivity contribution < 1.29 is 19.1 Å². The molecule has 126 valence electrons. The Morgan fingerprint density at radius 1 is 1.39 bits per heavy atom. The van der Waals surface area contributed by atoms with Crippen molar-refractivity contribution in [2.24, 2.45) is 0 Å². The quantitative estimate of drug-likeness (QED) is 0.809. The van der Waals surface area contributed by atoms with Gasteiger partial charge in [-0.25, -0.2) is 0 Å². The second kappa shape index (κ2) is 8.31. The maximum Gasteiger partial charge on any atom is 0.308 e. The number of nitrogens with one attached hydrogen (secondary N) is 1. The molecule has 0 saturated carbocycles. The lowest BCUT2D eigenvalue weighted by molar-refractivity contribution is -0.148. The van der Waals surface area contributed by atoms with Crippen LogP contribution in [-0.2, 0) is 19.1 Å². The number of hydrogen-bond donors (Lipinski definition) is 1. The Morgan fingerprint density at radius 2 is 2.13 bits per heavy atom. The van der Waals surface area contributed by atoms with Crippen molar-refractivity contribution in [3.63, 3.8) is 0 Å². The molecule has 0 aliphatic carbocycles. The average Bonchev–Trinajstić information content (AvgIpc) is 3.00. The third kappa shape index (κ3) is 5.22. The zero-order chi connectivity index (χ0) is 16.8. The first-order valence-corrected chi connectivity index (χ1v) is 8.21. The van der Waals surface area contributed by atoms with E-state index >= 15 is 0 Å². The van der Waals surface area contributed by atoms with Crippen LogP contribution in [0.5, 0.6) is 0 Å². The predicted octanol–water partition coefficient (Wildman–Crippen LogP) is 3.02. The van der Waals surface area contributed by atoms with Gasteiger partial charge in [-0.3, -0.25) is 9.59 Å². The topological polar surface area (TPSA) is 64.6 Å². The third-order valence-corrected chi connectivity index (χ3v) is 3.90. The fourth-order valence-corrected chi connectivity index (χ4v) is 2.79. The van der Waals surface area contributed by atoms with Crippen molar-refractivity contribution in [1.29, 1.82) is 0 Å². The van der Waals surface area contributed by atoms with E-state index in [9.17, 15) is 9.59 Å². The summed E-state index contributed by atoms with van der Waals surface area (Å²) in [5, 5.41) is 3.37. The molecule has 2 rings (SSSR count). The number of carbonyl (C=O) groups is 2. The molecule has 5 nitrogen and oxygen atoms in total. The molecule has 1 aromatic rings. The van der Waals surface area contributed by atoms with E-state index in [4.69, 9.17) is 21.1 Å². The first-order valence-electron chi connectivity index (χ1n) is 7.83. The number of amides is 1. The smallest absolute Gasteiger partial charge is 0.308 e. The summed E-state index contributed by atoms with van der Waals surface area (Å²) in [4.78, 5) is 24.3. The molecule has 1 aromatic carbocycles. The molecule has 0 bridgehead atoms. The molecule has 1 aliphatic rings. The lowest BCUT2D eigenvalue weighted by Gasteiger charge is -2.22. The molecule has 1 aliphatic heterocycles. The SMILES string of the molecule is CC(C)OC(=O)C[C@H](NC(=O)[C@H]1CCCO1)c1ccccc1Cl. The molecule has 0 radical (unpaired) electrons. The van der Waals surface area contributed by atoms with E-state index in [0.29, 0.717) is 23.6 Å². The Kier molecular flexibility index (Phi) is 6.42. The highest BCUT2D eigenvalue weighted by Gasteiger charge is 2.28. The van der Waals surface area contributed by atoms with Crippen LogP contribution in [0.15, 0.2) is 24.3 Å². The monoisotopic (exact) mass is 339 g/mol.